The predicted octanol–water partition coefficient (Wildman–Crippen LogP) is 1.06. The van der Waals surface area contributed by atoms with E-state index in [1.165, 1.54) is 0 Å². The first kappa shape index (κ1) is 16.7. The Labute approximate surface area is 139 Å². The standard InChI is InChI=1S/C15H18N2O6S/c1-8-10(4-5-11-12(8)7-23-14(11)18)13(6-16-15(19)20)17-24(21,22)9-2-3-9/h4-5,9,13,16-17H,2-3,6-7H2,1H3,(H,19,20). The largest absolute Gasteiger partial charge is 0.465 e. The maximum absolute atomic E-state index is 12.3. The number of amides is 1. The van der Waals surface area contributed by atoms with Crippen molar-refractivity contribution in [2.24, 2.45) is 0 Å². The van der Waals surface area contributed by atoms with E-state index in [-0.39, 0.29) is 13.2 Å². The number of fused-ring (bicyclic) bond motifs is 1. The van der Waals surface area contributed by atoms with Crippen molar-refractivity contribution in [1.82, 2.24) is 10.0 Å². The van der Waals surface area contributed by atoms with E-state index < -0.39 is 33.4 Å². The lowest BCUT2D eigenvalue weighted by Crippen LogP contribution is -2.39. The molecule has 0 spiro atoms. The third-order valence-electron chi connectivity index (χ3n) is 4.31. The molecule has 1 fully saturated rings. The number of hydrogen-bond acceptors (Lipinski definition) is 5. The summed E-state index contributed by atoms with van der Waals surface area (Å²) >= 11 is 0. The zero-order valence-corrected chi connectivity index (χ0v) is 13.9. The lowest BCUT2D eigenvalue weighted by Gasteiger charge is -2.22. The number of hydrogen-bond donors (Lipinski definition) is 3. The first-order chi connectivity index (χ1) is 11.3. The summed E-state index contributed by atoms with van der Waals surface area (Å²) in [5, 5.41) is 10.6. The fourth-order valence-electron chi connectivity index (χ4n) is 2.82. The van der Waals surface area contributed by atoms with E-state index in [2.05, 4.69) is 10.0 Å². The Bertz CT molecular complexity index is 800. The summed E-state index contributed by atoms with van der Waals surface area (Å²) in [6.07, 6.45) is -0.0113. The number of benzene rings is 1. The molecule has 3 N–H and O–H groups in total. The highest BCUT2D eigenvalue weighted by Crippen LogP contribution is 2.32. The normalized spacial score (nSPS) is 18.0. The van der Waals surface area contributed by atoms with Crippen LogP contribution in [0, 0.1) is 6.92 Å². The van der Waals surface area contributed by atoms with Gasteiger partial charge in [-0.3, -0.25) is 0 Å². The number of cyclic esters (lactones) is 1. The molecule has 2 aliphatic rings. The molecule has 3 rings (SSSR count). The summed E-state index contributed by atoms with van der Waals surface area (Å²) in [5.41, 5.74) is 2.54. The minimum absolute atomic E-state index is 0.101. The van der Waals surface area contributed by atoms with Gasteiger partial charge in [0.15, 0.2) is 0 Å². The summed E-state index contributed by atoms with van der Waals surface area (Å²) in [6, 6.07) is 2.49. The molecule has 1 unspecified atom stereocenters. The Morgan fingerprint density at radius 1 is 1.42 bits per heavy atom. The van der Waals surface area contributed by atoms with Crippen LogP contribution in [-0.4, -0.2) is 37.4 Å². The van der Waals surface area contributed by atoms with Crippen LogP contribution in [0.1, 0.15) is 45.9 Å². The molecule has 0 bridgehead atoms. The number of nitrogens with one attached hydrogen (secondary N) is 2. The maximum Gasteiger partial charge on any atom is 0.404 e. The molecular formula is C15H18N2O6S. The topological polar surface area (TPSA) is 122 Å². The maximum atomic E-state index is 12.3. The van der Waals surface area contributed by atoms with Crippen LogP contribution in [0.3, 0.4) is 0 Å². The molecule has 24 heavy (non-hydrogen) atoms. The highest BCUT2D eigenvalue weighted by molar-refractivity contribution is 7.90. The Morgan fingerprint density at radius 2 is 2.12 bits per heavy atom. The van der Waals surface area contributed by atoms with E-state index in [4.69, 9.17) is 9.84 Å². The molecule has 1 heterocycles. The van der Waals surface area contributed by atoms with Crippen molar-refractivity contribution in [3.05, 3.63) is 34.4 Å². The molecule has 1 amide bonds. The smallest absolute Gasteiger partial charge is 0.404 e. The number of carbonyl (C=O) groups excluding carboxylic acids is 1. The summed E-state index contributed by atoms with van der Waals surface area (Å²) in [7, 11) is -3.51. The molecule has 1 aliphatic heterocycles. The minimum atomic E-state index is -3.51. The van der Waals surface area contributed by atoms with Crippen LogP contribution in [-0.2, 0) is 21.4 Å². The SMILES string of the molecule is Cc1c(C(CNC(=O)O)NS(=O)(=O)C2CC2)ccc2c1COC2=O. The molecule has 9 heteroatoms. The molecule has 0 radical (unpaired) electrons. The van der Waals surface area contributed by atoms with Crippen molar-refractivity contribution < 1.29 is 27.9 Å². The van der Waals surface area contributed by atoms with Gasteiger partial charge in [0.1, 0.15) is 6.61 Å². The van der Waals surface area contributed by atoms with Crippen LogP contribution in [0.2, 0.25) is 0 Å². The Hall–Kier alpha value is -2.13. The van der Waals surface area contributed by atoms with Crippen molar-refractivity contribution >= 4 is 22.1 Å². The number of carbonyl (C=O) groups is 2. The fraction of sp³-hybridized carbons (Fsp3) is 0.467. The summed E-state index contributed by atoms with van der Waals surface area (Å²) in [4.78, 5) is 22.4. The van der Waals surface area contributed by atoms with Gasteiger partial charge in [-0.15, -0.1) is 0 Å². The van der Waals surface area contributed by atoms with Crippen LogP contribution in [0.4, 0.5) is 4.79 Å². The van der Waals surface area contributed by atoms with E-state index in [0.717, 1.165) is 5.56 Å². The van der Waals surface area contributed by atoms with Crippen LogP contribution in [0.15, 0.2) is 12.1 Å². The van der Waals surface area contributed by atoms with Gasteiger partial charge in [-0.05, 0) is 37.0 Å². The Balaban J connectivity index is 1.93. The van der Waals surface area contributed by atoms with Crippen molar-refractivity contribution in [3.8, 4) is 0 Å². The summed E-state index contributed by atoms with van der Waals surface area (Å²) in [5.74, 6) is -0.404. The monoisotopic (exact) mass is 354 g/mol. The lowest BCUT2D eigenvalue weighted by atomic mass is 9.94. The van der Waals surface area contributed by atoms with Gasteiger partial charge in [0.2, 0.25) is 10.0 Å². The molecule has 0 aromatic heterocycles. The first-order valence-electron chi connectivity index (χ1n) is 7.57. The quantitative estimate of drug-likeness (QED) is 0.657. The third kappa shape index (κ3) is 3.22. The van der Waals surface area contributed by atoms with Crippen LogP contribution < -0.4 is 10.0 Å². The molecule has 8 nitrogen and oxygen atoms in total. The highest BCUT2D eigenvalue weighted by atomic mass is 32.2. The van der Waals surface area contributed by atoms with Crippen LogP contribution in [0.5, 0.6) is 0 Å². The first-order valence-corrected chi connectivity index (χ1v) is 9.11. The second-order valence-electron chi connectivity index (χ2n) is 5.98. The zero-order valence-electron chi connectivity index (χ0n) is 13.0. The molecular weight excluding hydrogens is 336 g/mol. The minimum Gasteiger partial charge on any atom is -0.465 e. The third-order valence-corrected chi connectivity index (χ3v) is 6.27. The molecule has 130 valence electrons. The van der Waals surface area contributed by atoms with Crippen molar-refractivity contribution in [2.75, 3.05) is 6.54 Å². The molecule has 1 saturated carbocycles. The van der Waals surface area contributed by atoms with Gasteiger partial charge in [0, 0.05) is 12.1 Å². The van der Waals surface area contributed by atoms with Gasteiger partial charge in [0.05, 0.1) is 16.9 Å². The van der Waals surface area contributed by atoms with Gasteiger partial charge in [0.25, 0.3) is 0 Å². The second kappa shape index (κ2) is 6.06. The van der Waals surface area contributed by atoms with Gasteiger partial charge in [-0.1, -0.05) is 6.07 Å². The average molecular weight is 354 g/mol. The van der Waals surface area contributed by atoms with Crippen molar-refractivity contribution in [2.45, 2.75) is 37.7 Å². The number of ether oxygens (including phenoxy) is 1. The number of esters is 1. The van der Waals surface area contributed by atoms with Crippen molar-refractivity contribution in [3.63, 3.8) is 0 Å². The Kier molecular flexibility index (Phi) is 4.22. The molecule has 1 atom stereocenters. The predicted molar refractivity (Wildman–Crippen MR) is 84.1 cm³/mol. The van der Waals surface area contributed by atoms with E-state index in [9.17, 15) is 18.0 Å². The van der Waals surface area contributed by atoms with Gasteiger partial charge in [-0.2, -0.15) is 0 Å². The zero-order chi connectivity index (χ0) is 17.5. The molecule has 1 aliphatic carbocycles. The van der Waals surface area contributed by atoms with E-state index in [1.807, 2.05) is 0 Å². The second-order valence-corrected chi connectivity index (χ2v) is 7.98. The molecule has 0 saturated heterocycles. The highest BCUT2D eigenvalue weighted by Gasteiger charge is 2.38. The van der Waals surface area contributed by atoms with E-state index in [0.29, 0.717) is 29.5 Å². The molecule has 1 aromatic carbocycles. The van der Waals surface area contributed by atoms with E-state index >= 15 is 0 Å². The van der Waals surface area contributed by atoms with E-state index in [1.54, 1.807) is 19.1 Å². The van der Waals surface area contributed by atoms with Gasteiger partial charge < -0.3 is 15.2 Å². The van der Waals surface area contributed by atoms with Crippen LogP contribution in [0.25, 0.3) is 0 Å². The number of sulfonamides is 1. The number of rotatable bonds is 6. The Morgan fingerprint density at radius 3 is 2.75 bits per heavy atom. The van der Waals surface area contributed by atoms with Crippen molar-refractivity contribution in [1.29, 1.82) is 0 Å². The van der Waals surface area contributed by atoms with Gasteiger partial charge in [-0.25, -0.2) is 22.7 Å². The molecule has 1 aromatic rings. The average Bonchev–Trinajstić information content (AvgIpc) is 3.30. The number of carboxylic acid groups (broad SMARTS) is 1. The van der Waals surface area contributed by atoms with Gasteiger partial charge >= 0.3 is 12.1 Å². The lowest BCUT2D eigenvalue weighted by molar-refractivity contribution is 0.0535. The fourth-order valence-corrected chi connectivity index (χ4v) is 4.38. The van der Waals surface area contributed by atoms with Crippen LogP contribution >= 0.6 is 0 Å². The summed E-state index contributed by atoms with van der Waals surface area (Å²) < 4.78 is 32.1. The summed E-state index contributed by atoms with van der Waals surface area (Å²) in [6.45, 7) is 1.81.